The van der Waals surface area contributed by atoms with Crippen molar-refractivity contribution in [1.29, 1.82) is 0 Å². The van der Waals surface area contributed by atoms with E-state index < -0.39 is 150 Å². The van der Waals surface area contributed by atoms with E-state index in [0.29, 0.717) is 6.42 Å². The zero-order chi connectivity index (χ0) is 66.7. The molecule has 24 heteroatoms. The third kappa shape index (κ3) is 22.2. The molecule has 492 valence electrons. The van der Waals surface area contributed by atoms with Gasteiger partial charge in [0.15, 0.2) is 0 Å². The summed E-state index contributed by atoms with van der Waals surface area (Å²) in [7, 11) is 13.5. The number of amides is 11. The predicted molar refractivity (Wildman–Crippen MR) is 332 cm³/mol. The number of carbonyl (C=O) groups excluding carboxylic acids is 11. The van der Waals surface area contributed by atoms with E-state index >= 15 is 4.79 Å². The van der Waals surface area contributed by atoms with Crippen LogP contribution in [0.2, 0.25) is 0 Å². The molecule has 0 aliphatic carbocycles. The molecule has 1 aliphatic heterocycles. The fourth-order valence-corrected chi connectivity index (χ4v) is 10.6. The molecule has 0 aromatic heterocycles. The second kappa shape index (κ2) is 35.6. The average Bonchev–Trinajstić information content (AvgIpc) is 2.64. The lowest BCUT2D eigenvalue weighted by Crippen LogP contribution is -2.62. The van der Waals surface area contributed by atoms with Crippen molar-refractivity contribution in [2.75, 3.05) is 76.5 Å². The molecule has 0 spiro atoms. The SMILES string of the molecule is C/C=C/C[C@@H](C)[C@@H](O)[C@H]1C(=O)N[C@@H](CC)C(=O)N(C)CC(=O)N(C)[C@@H](CN(C)C)C(=O)N[C@@H](C(C)C)C(=O)N(C)[C@@H](CC(C)C)C(=O)N[C@@H](C)C(=O)N[C@H](C)C(=O)N(C)[C@@H](CC(C)C)C(=O)N(C)[C@@H](CC(C)C)C(=O)N(C)[C@@H](C(C)C)CC(=O)N1C. The van der Waals surface area contributed by atoms with E-state index in [9.17, 15) is 53.1 Å². The van der Waals surface area contributed by atoms with Gasteiger partial charge in [-0.15, -0.1) is 0 Å². The first kappa shape index (κ1) is 77.8. The lowest BCUT2D eigenvalue weighted by atomic mass is 9.91. The van der Waals surface area contributed by atoms with Gasteiger partial charge >= 0.3 is 0 Å². The van der Waals surface area contributed by atoms with Gasteiger partial charge < -0.3 is 65.6 Å². The van der Waals surface area contributed by atoms with Crippen molar-refractivity contribution in [3.05, 3.63) is 12.2 Å². The molecule has 12 atom stereocenters. The second-order valence-corrected chi connectivity index (χ2v) is 26.1. The molecular weight excluding hydrogens is 1100 g/mol. The number of aliphatic hydroxyl groups excluding tert-OH is 1. The van der Waals surface area contributed by atoms with E-state index in [0.717, 1.165) is 9.80 Å². The zero-order valence-electron chi connectivity index (χ0n) is 56.6. The minimum absolute atomic E-state index is 0.00731. The molecule has 1 aliphatic rings. The molecule has 0 saturated carbocycles. The topological polar surface area (TPSA) is 282 Å². The number of nitrogens with one attached hydrogen (secondary N) is 4. The quantitative estimate of drug-likeness (QED) is 0.147. The number of nitrogens with zero attached hydrogens (tertiary/aromatic N) is 8. The van der Waals surface area contributed by atoms with Crippen LogP contribution < -0.4 is 21.3 Å². The highest BCUT2D eigenvalue weighted by Crippen LogP contribution is 2.25. The van der Waals surface area contributed by atoms with Crippen LogP contribution in [0.3, 0.4) is 0 Å². The summed E-state index contributed by atoms with van der Waals surface area (Å²) in [5, 5.41) is 23.0. The molecule has 1 heterocycles. The fraction of sp³-hybridized carbons (Fsp3) is 0.790. The van der Waals surface area contributed by atoms with Crippen LogP contribution in [0.15, 0.2) is 12.2 Å². The Morgan fingerprint density at radius 3 is 1.45 bits per heavy atom. The van der Waals surface area contributed by atoms with Crippen LogP contribution in [0, 0.1) is 35.5 Å². The predicted octanol–water partition coefficient (Wildman–Crippen LogP) is 2.17. The molecule has 0 radical (unpaired) electrons. The fourth-order valence-electron chi connectivity index (χ4n) is 10.6. The summed E-state index contributed by atoms with van der Waals surface area (Å²) < 4.78 is 0. The Hall–Kier alpha value is -6.17. The van der Waals surface area contributed by atoms with E-state index in [1.165, 1.54) is 80.6 Å². The highest BCUT2D eigenvalue weighted by atomic mass is 16.3. The maximum atomic E-state index is 15.0. The molecule has 24 nitrogen and oxygen atoms in total. The van der Waals surface area contributed by atoms with Crippen molar-refractivity contribution in [3.63, 3.8) is 0 Å². The number of carbonyl (C=O) groups is 11. The van der Waals surface area contributed by atoms with Crippen molar-refractivity contribution in [3.8, 4) is 0 Å². The lowest BCUT2D eigenvalue weighted by molar-refractivity contribution is -0.153. The van der Waals surface area contributed by atoms with Gasteiger partial charge in [0.25, 0.3) is 0 Å². The average molecular weight is 1220 g/mol. The van der Waals surface area contributed by atoms with E-state index in [4.69, 9.17) is 0 Å². The molecule has 1 saturated heterocycles. The van der Waals surface area contributed by atoms with Gasteiger partial charge in [-0.3, -0.25) is 52.7 Å². The van der Waals surface area contributed by atoms with Crippen molar-refractivity contribution in [1.82, 2.24) is 60.5 Å². The number of rotatable bonds is 15. The monoisotopic (exact) mass is 1220 g/mol. The van der Waals surface area contributed by atoms with Gasteiger partial charge in [-0.2, -0.15) is 0 Å². The minimum atomic E-state index is -1.54. The number of allylic oxidation sites excluding steroid dienone is 2. The molecule has 5 N–H and O–H groups in total. The first-order valence-electron chi connectivity index (χ1n) is 30.7. The summed E-state index contributed by atoms with van der Waals surface area (Å²) in [5.41, 5.74) is 0. The Morgan fingerprint density at radius 1 is 0.523 bits per heavy atom. The van der Waals surface area contributed by atoms with E-state index in [1.807, 2.05) is 68.4 Å². The van der Waals surface area contributed by atoms with Gasteiger partial charge in [0, 0.05) is 68.3 Å². The van der Waals surface area contributed by atoms with Gasteiger partial charge in [-0.05, 0) is 102 Å². The highest BCUT2D eigenvalue weighted by molar-refractivity contribution is 5.98. The van der Waals surface area contributed by atoms with Crippen molar-refractivity contribution >= 4 is 65.0 Å². The van der Waals surface area contributed by atoms with Gasteiger partial charge in [-0.1, -0.05) is 95.2 Å². The molecule has 11 amide bonds. The van der Waals surface area contributed by atoms with Crippen LogP contribution in [0.1, 0.15) is 142 Å². The Labute approximate surface area is 514 Å². The second-order valence-electron chi connectivity index (χ2n) is 26.1. The normalized spacial score (nSPS) is 26.9. The van der Waals surface area contributed by atoms with E-state index in [-0.39, 0.29) is 62.3 Å². The maximum absolute atomic E-state index is 15.0. The number of hydrogen-bond acceptors (Lipinski definition) is 13. The zero-order valence-corrected chi connectivity index (χ0v) is 56.6. The lowest BCUT2D eigenvalue weighted by Gasteiger charge is -2.40. The summed E-state index contributed by atoms with van der Waals surface area (Å²) in [6.07, 6.45) is 2.75. The van der Waals surface area contributed by atoms with Crippen LogP contribution >= 0.6 is 0 Å². The molecule has 0 bridgehead atoms. The maximum Gasteiger partial charge on any atom is 0.246 e. The minimum Gasteiger partial charge on any atom is -0.390 e. The summed E-state index contributed by atoms with van der Waals surface area (Å²) in [5.74, 6) is -8.99. The molecule has 86 heavy (non-hydrogen) atoms. The van der Waals surface area contributed by atoms with Crippen LogP contribution in [0.25, 0.3) is 0 Å². The van der Waals surface area contributed by atoms with Gasteiger partial charge in [-0.25, -0.2) is 0 Å². The summed E-state index contributed by atoms with van der Waals surface area (Å²) >= 11 is 0. The number of hydrogen-bond donors (Lipinski definition) is 5. The Kier molecular flexibility index (Phi) is 32.2. The van der Waals surface area contributed by atoms with Crippen molar-refractivity contribution in [2.24, 2.45) is 35.5 Å². The third-order valence-electron chi connectivity index (χ3n) is 16.3. The van der Waals surface area contributed by atoms with Gasteiger partial charge in [0.2, 0.25) is 65.0 Å². The van der Waals surface area contributed by atoms with Gasteiger partial charge in [0.1, 0.15) is 54.4 Å². The van der Waals surface area contributed by atoms with Crippen LogP contribution in [0.4, 0.5) is 0 Å². The highest BCUT2D eigenvalue weighted by Gasteiger charge is 2.44. The Bertz CT molecular complexity index is 2350. The summed E-state index contributed by atoms with van der Waals surface area (Å²) in [6.45, 7) is 25.9. The molecule has 0 aromatic carbocycles. The Balaban J connectivity index is 4.26. The van der Waals surface area contributed by atoms with Crippen LogP contribution in [0.5, 0.6) is 0 Å². The van der Waals surface area contributed by atoms with Crippen molar-refractivity contribution in [2.45, 2.75) is 209 Å². The standard InChI is InChI=1S/C62H112N12O12/c1-25-27-28-40(13)53(77)52-57(81)65-43(26-2)59(83)68(18)34-50(76)69(19)48(33-67(16)17)56(80)66-51(39(11)12)62(86)71(21)45(29-35(3)4)55(79)63-41(14)54(78)64-42(15)58(82)72(22)46(30-36(5)6)61(85)73(23)47(31-37(7)8)60(84)70(20)44(38(9)10)32-49(75)74(52)24/h25,27,35-48,51-53,77H,26,28-34H2,1-24H3,(H,63,79)(H,64,78)(H,65,81)(H,66,80)/b27-25+/t40-,41+,42-,43+,44-,45+,46+,47+,48+,51+,52+,53-/m1/s1. The molecular formula is C62H112N12O12. The molecule has 0 unspecified atom stereocenters. The summed E-state index contributed by atoms with van der Waals surface area (Å²) in [6, 6.07) is -11.7. The number of likely N-dealkylation sites (N-methyl/N-ethyl adjacent to an activating group) is 8. The first-order valence-corrected chi connectivity index (χ1v) is 30.7. The van der Waals surface area contributed by atoms with E-state index in [2.05, 4.69) is 21.3 Å². The summed E-state index contributed by atoms with van der Waals surface area (Å²) in [4.78, 5) is 170. The van der Waals surface area contributed by atoms with Crippen LogP contribution in [-0.4, -0.2) is 252 Å². The first-order chi connectivity index (χ1) is 39.7. The molecule has 1 rings (SSSR count). The third-order valence-corrected chi connectivity index (χ3v) is 16.3. The smallest absolute Gasteiger partial charge is 0.246 e. The number of aliphatic hydroxyl groups is 1. The van der Waals surface area contributed by atoms with Crippen molar-refractivity contribution < 1.29 is 57.8 Å². The largest absolute Gasteiger partial charge is 0.390 e. The van der Waals surface area contributed by atoms with Gasteiger partial charge in [0.05, 0.1) is 12.6 Å². The molecule has 0 aromatic rings. The van der Waals surface area contributed by atoms with E-state index in [1.54, 1.807) is 59.8 Å². The molecule has 1 fully saturated rings. The Morgan fingerprint density at radius 2 is 0.988 bits per heavy atom. The van der Waals surface area contributed by atoms with Crippen LogP contribution in [-0.2, 0) is 52.7 Å².